The number of amides is 2. The van der Waals surface area contributed by atoms with Gasteiger partial charge in [-0.1, -0.05) is 6.07 Å². The van der Waals surface area contributed by atoms with Crippen molar-refractivity contribution in [3.05, 3.63) is 33.5 Å². The maximum absolute atomic E-state index is 11.8. The van der Waals surface area contributed by atoms with Crippen LogP contribution in [0.1, 0.15) is 15.4 Å². The molecule has 122 valence electrons. The molecule has 2 heterocycles. The molecular weight excluding hydrogens is 367 g/mol. The van der Waals surface area contributed by atoms with Crippen molar-refractivity contribution in [2.75, 3.05) is 18.4 Å². The highest BCUT2D eigenvalue weighted by Gasteiger charge is 2.11. The number of nitrogens with two attached hydrogens (primary N) is 1. The maximum atomic E-state index is 11.8. The number of carbonyl (C=O) groups is 2. The standard InChI is InChI=1S/C12H14N4O2S2.2ClH/c13-3-4-14-10(17)6-8-7-20-12(15-8)16-11(18)9-2-1-5-19-9;;/h1-2,5,7H,3-4,6,13H2,(H,14,17)(H,15,16,18);2*1H. The molecule has 6 nitrogen and oxygen atoms in total. The van der Waals surface area contributed by atoms with Crippen LogP contribution in [0.4, 0.5) is 5.13 Å². The third kappa shape index (κ3) is 6.29. The number of halogens is 2. The monoisotopic (exact) mass is 382 g/mol. The summed E-state index contributed by atoms with van der Waals surface area (Å²) in [6.07, 6.45) is 0.186. The fourth-order valence-electron chi connectivity index (χ4n) is 1.45. The van der Waals surface area contributed by atoms with Gasteiger partial charge < -0.3 is 11.1 Å². The van der Waals surface area contributed by atoms with Gasteiger partial charge >= 0.3 is 0 Å². The zero-order valence-corrected chi connectivity index (χ0v) is 14.7. The van der Waals surface area contributed by atoms with Crippen LogP contribution in [-0.4, -0.2) is 29.9 Å². The van der Waals surface area contributed by atoms with E-state index in [4.69, 9.17) is 5.73 Å². The van der Waals surface area contributed by atoms with Crippen LogP contribution in [0.15, 0.2) is 22.9 Å². The van der Waals surface area contributed by atoms with Crippen molar-refractivity contribution in [3.63, 3.8) is 0 Å². The van der Waals surface area contributed by atoms with E-state index in [0.717, 1.165) is 0 Å². The van der Waals surface area contributed by atoms with E-state index >= 15 is 0 Å². The Labute approximate surface area is 148 Å². The Morgan fingerprint density at radius 2 is 2.05 bits per heavy atom. The van der Waals surface area contributed by atoms with Crippen LogP contribution < -0.4 is 16.4 Å². The minimum absolute atomic E-state index is 0. The molecule has 0 aliphatic heterocycles. The number of aromatic nitrogens is 1. The molecule has 4 N–H and O–H groups in total. The molecule has 22 heavy (non-hydrogen) atoms. The van der Waals surface area contributed by atoms with Gasteiger partial charge in [-0.05, 0) is 11.4 Å². The molecule has 2 aromatic rings. The van der Waals surface area contributed by atoms with E-state index < -0.39 is 0 Å². The van der Waals surface area contributed by atoms with Crippen LogP contribution in [0.5, 0.6) is 0 Å². The summed E-state index contributed by atoms with van der Waals surface area (Å²) in [5.41, 5.74) is 5.93. The van der Waals surface area contributed by atoms with Crippen LogP contribution in [0, 0.1) is 0 Å². The molecule has 0 bridgehead atoms. The second-order valence-electron chi connectivity index (χ2n) is 3.89. The van der Waals surface area contributed by atoms with Gasteiger partial charge in [0.1, 0.15) is 0 Å². The molecule has 0 saturated heterocycles. The van der Waals surface area contributed by atoms with Crippen molar-refractivity contribution in [1.29, 1.82) is 0 Å². The molecule has 0 fully saturated rings. The molecule has 0 aliphatic carbocycles. The maximum Gasteiger partial charge on any atom is 0.267 e. The smallest absolute Gasteiger partial charge is 0.267 e. The molecule has 0 aliphatic rings. The number of thiazole rings is 1. The summed E-state index contributed by atoms with van der Waals surface area (Å²) < 4.78 is 0. The van der Waals surface area contributed by atoms with Gasteiger partial charge in [0.2, 0.25) is 5.91 Å². The molecular formula is C12H16Cl2N4O2S2. The minimum atomic E-state index is -0.187. The van der Waals surface area contributed by atoms with E-state index in [-0.39, 0.29) is 43.0 Å². The Kier molecular flexibility index (Phi) is 9.95. The summed E-state index contributed by atoms with van der Waals surface area (Å²) in [7, 11) is 0. The second kappa shape index (κ2) is 10.5. The number of rotatable bonds is 6. The SMILES string of the molecule is Cl.Cl.NCCNC(=O)Cc1csc(NC(=O)c2cccs2)n1. The van der Waals surface area contributed by atoms with Crippen molar-refractivity contribution in [2.24, 2.45) is 5.73 Å². The highest BCUT2D eigenvalue weighted by atomic mass is 35.5. The van der Waals surface area contributed by atoms with Gasteiger partial charge in [0.15, 0.2) is 5.13 Å². The molecule has 2 rings (SSSR count). The van der Waals surface area contributed by atoms with Crippen LogP contribution >= 0.6 is 47.5 Å². The molecule has 0 saturated carbocycles. The van der Waals surface area contributed by atoms with Gasteiger partial charge in [0.25, 0.3) is 5.91 Å². The third-order valence-electron chi connectivity index (χ3n) is 2.33. The van der Waals surface area contributed by atoms with Gasteiger partial charge in [-0.25, -0.2) is 4.98 Å². The van der Waals surface area contributed by atoms with E-state index in [9.17, 15) is 9.59 Å². The first-order chi connectivity index (χ1) is 9.69. The highest BCUT2D eigenvalue weighted by molar-refractivity contribution is 7.14. The van der Waals surface area contributed by atoms with Crippen molar-refractivity contribution >= 4 is 64.4 Å². The zero-order chi connectivity index (χ0) is 14.4. The average molecular weight is 383 g/mol. The van der Waals surface area contributed by atoms with Gasteiger partial charge in [0, 0.05) is 18.5 Å². The van der Waals surface area contributed by atoms with Crippen LogP contribution in [0.3, 0.4) is 0 Å². The lowest BCUT2D eigenvalue weighted by atomic mass is 10.3. The van der Waals surface area contributed by atoms with Crippen molar-refractivity contribution in [3.8, 4) is 0 Å². The Hall–Kier alpha value is -1.19. The first-order valence-corrected chi connectivity index (χ1v) is 7.71. The van der Waals surface area contributed by atoms with E-state index in [2.05, 4.69) is 15.6 Å². The highest BCUT2D eigenvalue weighted by Crippen LogP contribution is 2.18. The molecule has 10 heteroatoms. The quantitative estimate of drug-likeness (QED) is 0.710. The summed E-state index contributed by atoms with van der Waals surface area (Å²) in [6.45, 7) is 0.857. The zero-order valence-electron chi connectivity index (χ0n) is 11.4. The van der Waals surface area contributed by atoms with Gasteiger partial charge in [-0.3, -0.25) is 14.9 Å². The molecule has 2 amide bonds. The average Bonchev–Trinajstić information content (AvgIpc) is 3.08. The van der Waals surface area contributed by atoms with E-state index in [0.29, 0.717) is 28.8 Å². The Morgan fingerprint density at radius 3 is 2.68 bits per heavy atom. The van der Waals surface area contributed by atoms with Crippen molar-refractivity contribution in [2.45, 2.75) is 6.42 Å². The Bertz CT molecular complexity index is 590. The summed E-state index contributed by atoms with van der Waals surface area (Å²) >= 11 is 2.66. The topological polar surface area (TPSA) is 97.1 Å². The van der Waals surface area contributed by atoms with Crippen molar-refractivity contribution in [1.82, 2.24) is 10.3 Å². The number of hydrogen-bond donors (Lipinski definition) is 3. The number of anilines is 1. The molecule has 0 aromatic carbocycles. The van der Waals surface area contributed by atoms with Crippen LogP contribution in [0.2, 0.25) is 0 Å². The molecule has 0 atom stereocenters. The lowest BCUT2D eigenvalue weighted by Crippen LogP contribution is -2.30. The number of nitrogens with zero attached hydrogens (tertiary/aromatic N) is 1. The normalized spacial score (nSPS) is 9.32. The number of carbonyl (C=O) groups excluding carboxylic acids is 2. The molecule has 0 spiro atoms. The second-order valence-corrected chi connectivity index (χ2v) is 5.70. The van der Waals surface area contributed by atoms with Crippen LogP contribution in [-0.2, 0) is 11.2 Å². The van der Waals surface area contributed by atoms with E-state index in [1.165, 1.54) is 22.7 Å². The summed E-state index contributed by atoms with van der Waals surface area (Å²) in [6, 6.07) is 3.56. The summed E-state index contributed by atoms with van der Waals surface area (Å²) in [4.78, 5) is 28.2. The first-order valence-electron chi connectivity index (χ1n) is 5.95. The fraction of sp³-hybridized carbons (Fsp3) is 0.250. The van der Waals surface area contributed by atoms with E-state index in [1.807, 2.05) is 11.4 Å². The molecule has 2 aromatic heterocycles. The first kappa shape index (κ1) is 20.8. The van der Waals surface area contributed by atoms with E-state index in [1.54, 1.807) is 11.4 Å². The summed E-state index contributed by atoms with van der Waals surface area (Å²) in [5, 5.41) is 9.46. The fourth-order valence-corrected chi connectivity index (χ4v) is 2.77. The van der Waals surface area contributed by atoms with Crippen molar-refractivity contribution < 1.29 is 9.59 Å². The van der Waals surface area contributed by atoms with Gasteiger partial charge in [0.05, 0.1) is 17.0 Å². The predicted octanol–water partition coefficient (Wildman–Crippen LogP) is 1.92. The number of hydrogen-bond acceptors (Lipinski definition) is 6. The molecule has 0 unspecified atom stereocenters. The predicted molar refractivity (Wildman–Crippen MR) is 94.7 cm³/mol. The Morgan fingerprint density at radius 1 is 1.27 bits per heavy atom. The number of nitrogens with one attached hydrogen (secondary N) is 2. The number of thiophene rings is 1. The lowest BCUT2D eigenvalue weighted by molar-refractivity contribution is -0.120. The molecule has 0 radical (unpaired) electrons. The third-order valence-corrected chi connectivity index (χ3v) is 4.00. The van der Waals surface area contributed by atoms with Gasteiger partial charge in [-0.15, -0.1) is 47.5 Å². The lowest BCUT2D eigenvalue weighted by Gasteiger charge is -2.00. The summed E-state index contributed by atoms with van der Waals surface area (Å²) in [5.74, 6) is -0.314. The van der Waals surface area contributed by atoms with Crippen LogP contribution in [0.25, 0.3) is 0 Å². The van der Waals surface area contributed by atoms with Gasteiger partial charge in [-0.2, -0.15) is 0 Å². The minimum Gasteiger partial charge on any atom is -0.354 e. The Balaban J connectivity index is 0.00000220. The largest absolute Gasteiger partial charge is 0.354 e.